The molecule has 4 heteroatoms. The fourth-order valence-corrected chi connectivity index (χ4v) is 4.00. The van der Waals surface area contributed by atoms with Crippen LogP contribution in [0.1, 0.15) is 26.7 Å². The lowest BCUT2D eigenvalue weighted by Crippen LogP contribution is -2.66. The van der Waals surface area contributed by atoms with E-state index in [1.165, 1.54) is 52.1 Å². The van der Waals surface area contributed by atoms with Crippen molar-refractivity contribution < 1.29 is 4.74 Å². The quantitative estimate of drug-likeness (QED) is 0.759. The van der Waals surface area contributed by atoms with Gasteiger partial charge >= 0.3 is 0 Å². The van der Waals surface area contributed by atoms with Gasteiger partial charge in [0.1, 0.15) is 6.23 Å². The van der Waals surface area contributed by atoms with Crippen LogP contribution < -0.4 is 0 Å². The van der Waals surface area contributed by atoms with E-state index in [4.69, 9.17) is 4.74 Å². The van der Waals surface area contributed by atoms with Crippen molar-refractivity contribution in [1.29, 1.82) is 0 Å². The van der Waals surface area contributed by atoms with Crippen molar-refractivity contribution >= 4 is 0 Å². The van der Waals surface area contributed by atoms with E-state index in [-0.39, 0.29) is 0 Å². The van der Waals surface area contributed by atoms with Crippen molar-refractivity contribution in [3.63, 3.8) is 0 Å². The first-order valence-electron chi connectivity index (χ1n) is 7.90. The Hall–Kier alpha value is -0.160. The molecule has 4 nitrogen and oxygen atoms in total. The lowest BCUT2D eigenvalue weighted by molar-refractivity contribution is -0.149. The Kier molecular flexibility index (Phi) is 3.87. The van der Waals surface area contributed by atoms with Gasteiger partial charge in [0.25, 0.3) is 0 Å². The van der Waals surface area contributed by atoms with Crippen LogP contribution in [0.15, 0.2) is 0 Å². The zero-order chi connectivity index (χ0) is 13.5. The Bertz CT molecular complexity index is 301. The molecule has 3 aliphatic heterocycles. The molecule has 0 aromatic rings. The van der Waals surface area contributed by atoms with Crippen LogP contribution >= 0.6 is 0 Å². The van der Waals surface area contributed by atoms with Gasteiger partial charge in [-0.15, -0.1) is 0 Å². The van der Waals surface area contributed by atoms with Crippen molar-refractivity contribution in [2.75, 3.05) is 52.9 Å². The number of likely N-dealkylation sites (N-methyl/N-ethyl adjacent to an activating group) is 1. The Balaban J connectivity index is 1.42. The van der Waals surface area contributed by atoms with Crippen LogP contribution in [0.25, 0.3) is 0 Å². The summed E-state index contributed by atoms with van der Waals surface area (Å²) in [5, 5.41) is 0. The molecule has 1 atom stereocenters. The second-order valence-electron chi connectivity index (χ2n) is 6.87. The maximum absolute atomic E-state index is 5.69. The number of likely N-dealkylation sites (tertiary alicyclic amines) is 3. The zero-order valence-corrected chi connectivity index (χ0v) is 12.8. The van der Waals surface area contributed by atoms with E-state index >= 15 is 0 Å². The lowest BCUT2D eigenvalue weighted by Gasteiger charge is -2.57. The van der Waals surface area contributed by atoms with Gasteiger partial charge in [-0.2, -0.15) is 0 Å². The Morgan fingerprint density at radius 2 is 1.84 bits per heavy atom. The number of rotatable bonds is 4. The van der Waals surface area contributed by atoms with E-state index in [2.05, 4.69) is 35.6 Å². The number of ether oxygens (including phenoxy) is 1. The molecule has 1 spiro atoms. The summed E-state index contributed by atoms with van der Waals surface area (Å²) in [4.78, 5) is 7.64. The van der Waals surface area contributed by atoms with Crippen molar-refractivity contribution in [3.05, 3.63) is 0 Å². The van der Waals surface area contributed by atoms with E-state index in [9.17, 15) is 0 Å². The number of hydrogen-bond acceptors (Lipinski definition) is 4. The molecule has 3 saturated heterocycles. The standard InChI is InChI=1S/C15H29N3O/c1-4-19-13(2)18-11-15(12-18)5-7-17(8-6-15)14-9-16(3)10-14/h13-14H,4-12H2,1-3H3. The van der Waals surface area contributed by atoms with Crippen molar-refractivity contribution in [1.82, 2.24) is 14.7 Å². The van der Waals surface area contributed by atoms with Gasteiger partial charge in [0.15, 0.2) is 0 Å². The van der Waals surface area contributed by atoms with Gasteiger partial charge in [-0.1, -0.05) is 0 Å². The molecule has 0 amide bonds. The number of nitrogens with zero attached hydrogens (tertiary/aromatic N) is 3. The molecule has 0 aliphatic carbocycles. The van der Waals surface area contributed by atoms with Gasteiger partial charge in [-0.3, -0.25) is 9.80 Å². The van der Waals surface area contributed by atoms with Crippen LogP contribution in [0, 0.1) is 5.41 Å². The Labute approximate surface area is 117 Å². The molecule has 0 radical (unpaired) electrons. The summed E-state index contributed by atoms with van der Waals surface area (Å²) in [5.41, 5.74) is 0.623. The molecule has 110 valence electrons. The normalized spacial score (nSPS) is 31.1. The van der Waals surface area contributed by atoms with E-state index in [1.807, 2.05) is 0 Å². The minimum Gasteiger partial charge on any atom is -0.364 e. The monoisotopic (exact) mass is 267 g/mol. The predicted molar refractivity (Wildman–Crippen MR) is 77.2 cm³/mol. The Morgan fingerprint density at radius 1 is 1.21 bits per heavy atom. The third-order valence-corrected chi connectivity index (χ3v) is 5.42. The van der Waals surface area contributed by atoms with Crippen molar-refractivity contribution in [3.8, 4) is 0 Å². The fourth-order valence-electron chi connectivity index (χ4n) is 4.00. The molecule has 0 N–H and O–H groups in total. The third-order valence-electron chi connectivity index (χ3n) is 5.42. The topological polar surface area (TPSA) is 19.0 Å². The summed E-state index contributed by atoms with van der Waals surface area (Å²) < 4.78 is 5.69. The summed E-state index contributed by atoms with van der Waals surface area (Å²) in [6.07, 6.45) is 3.10. The van der Waals surface area contributed by atoms with Gasteiger partial charge in [-0.25, -0.2) is 0 Å². The molecule has 3 heterocycles. The van der Waals surface area contributed by atoms with Crippen LogP contribution in [-0.2, 0) is 4.74 Å². The molecule has 3 rings (SSSR count). The summed E-state index contributed by atoms with van der Waals surface area (Å²) in [6.45, 7) is 12.8. The number of hydrogen-bond donors (Lipinski definition) is 0. The summed E-state index contributed by atoms with van der Waals surface area (Å²) in [5.74, 6) is 0. The highest BCUT2D eigenvalue weighted by molar-refractivity contribution is 5.00. The molecule has 1 unspecified atom stereocenters. The fraction of sp³-hybridized carbons (Fsp3) is 1.00. The smallest absolute Gasteiger partial charge is 0.107 e. The highest BCUT2D eigenvalue weighted by Gasteiger charge is 2.47. The molecule has 3 fully saturated rings. The molecule has 3 aliphatic rings. The van der Waals surface area contributed by atoms with Crippen LogP contribution in [0.5, 0.6) is 0 Å². The summed E-state index contributed by atoms with van der Waals surface area (Å²) >= 11 is 0. The zero-order valence-electron chi connectivity index (χ0n) is 12.8. The van der Waals surface area contributed by atoms with E-state index in [0.717, 1.165) is 12.6 Å². The molecule has 0 saturated carbocycles. The van der Waals surface area contributed by atoms with Crippen molar-refractivity contribution in [2.24, 2.45) is 5.41 Å². The van der Waals surface area contributed by atoms with Crippen LogP contribution in [0.4, 0.5) is 0 Å². The van der Waals surface area contributed by atoms with Gasteiger partial charge in [0, 0.05) is 38.8 Å². The maximum atomic E-state index is 5.69. The second kappa shape index (κ2) is 5.32. The molecular formula is C15H29N3O. The first kappa shape index (κ1) is 13.8. The first-order chi connectivity index (χ1) is 9.12. The highest BCUT2D eigenvalue weighted by atomic mass is 16.5. The van der Waals surface area contributed by atoms with Crippen LogP contribution in [-0.4, -0.2) is 79.9 Å². The predicted octanol–water partition coefficient (Wildman–Crippen LogP) is 1.08. The van der Waals surface area contributed by atoms with Gasteiger partial charge in [0.05, 0.1) is 0 Å². The SMILES string of the molecule is CCOC(C)N1CC2(CCN(C3CN(C)C3)CC2)C1. The first-order valence-corrected chi connectivity index (χ1v) is 7.90. The summed E-state index contributed by atoms with van der Waals surface area (Å²) in [7, 11) is 2.22. The molecule has 0 aromatic carbocycles. The molecule has 0 aromatic heterocycles. The second-order valence-corrected chi connectivity index (χ2v) is 6.87. The molecule has 19 heavy (non-hydrogen) atoms. The van der Waals surface area contributed by atoms with Gasteiger partial charge in [0.2, 0.25) is 0 Å². The maximum Gasteiger partial charge on any atom is 0.107 e. The van der Waals surface area contributed by atoms with Gasteiger partial charge < -0.3 is 9.64 Å². The highest BCUT2D eigenvalue weighted by Crippen LogP contribution is 2.42. The van der Waals surface area contributed by atoms with E-state index in [1.54, 1.807) is 0 Å². The summed E-state index contributed by atoms with van der Waals surface area (Å²) in [6, 6.07) is 0.848. The van der Waals surface area contributed by atoms with Crippen LogP contribution in [0.3, 0.4) is 0 Å². The average molecular weight is 267 g/mol. The molecular weight excluding hydrogens is 238 g/mol. The lowest BCUT2D eigenvalue weighted by atomic mass is 9.71. The number of piperidine rings is 1. The third kappa shape index (κ3) is 2.68. The minimum absolute atomic E-state index is 0.314. The Morgan fingerprint density at radius 3 is 2.37 bits per heavy atom. The van der Waals surface area contributed by atoms with E-state index < -0.39 is 0 Å². The van der Waals surface area contributed by atoms with E-state index in [0.29, 0.717) is 11.6 Å². The van der Waals surface area contributed by atoms with Gasteiger partial charge in [-0.05, 0) is 52.2 Å². The largest absolute Gasteiger partial charge is 0.364 e. The molecule has 0 bridgehead atoms. The van der Waals surface area contributed by atoms with Crippen LogP contribution in [0.2, 0.25) is 0 Å². The van der Waals surface area contributed by atoms with Crippen molar-refractivity contribution in [2.45, 2.75) is 39.0 Å². The average Bonchev–Trinajstić information content (AvgIpc) is 2.33. The minimum atomic E-state index is 0.314.